The monoisotopic (exact) mass is 392 g/mol. The summed E-state index contributed by atoms with van der Waals surface area (Å²) in [6.07, 6.45) is 0. The average molecular weight is 392 g/mol. The Balaban J connectivity index is 1.45. The molecule has 0 saturated carbocycles. The lowest BCUT2D eigenvalue weighted by Crippen LogP contribution is -2.45. The highest BCUT2D eigenvalue weighted by atomic mass is 16.5. The first-order chi connectivity index (χ1) is 14.0. The van der Waals surface area contributed by atoms with Crippen LogP contribution in [0.15, 0.2) is 66.7 Å². The largest absolute Gasteiger partial charge is 0.483 e. The molecule has 0 bridgehead atoms. The minimum absolute atomic E-state index is 0.200. The number of nitrogens with one attached hydrogen (secondary N) is 2. The van der Waals surface area contributed by atoms with Crippen molar-refractivity contribution in [2.45, 2.75) is 19.8 Å². The Hall–Kier alpha value is -3.54. The Kier molecular flexibility index (Phi) is 6.68. The summed E-state index contributed by atoms with van der Waals surface area (Å²) in [5, 5.41) is 1.95. The van der Waals surface area contributed by atoms with E-state index in [1.54, 1.807) is 6.07 Å². The molecule has 0 aliphatic rings. The van der Waals surface area contributed by atoms with Gasteiger partial charge in [-0.25, -0.2) is 0 Å². The first-order valence-corrected chi connectivity index (χ1v) is 9.44. The minimum Gasteiger partial charge on any atom is -0.483 e. The zero-order valence-corrected chi connectivity index (χ0v) is 16.5. The number of carbonyl (C=O) groups is 2. The van der Waals surface area contributed by atoms with E-state index in [0.717, 1.165) is 16.3 Å². The quantitative estimate of drug-likeness (QED) is 0.603. The molecule has 0 spiro atoms. The molecule has 6 nitrogen and oxygen atoms in total. The van der Waals surface area contributed by atoms with Gasteiger partial charge in [0.1, 0.15) is 11.5 Å². The van der Waals surface area contributed by atoms with Gasteiger partial charge >= 0.3 is 0 Å². The van der Waals surface area contributed by atoms with Crippen LogP contribution in [0, 0.1) is 0 Å². The van der Waals surface area contributed by atoms with Gasteiger partial charge in [-0.3, -0.25) is 20.4 Å². The fourth-order valence-corrected chi connectivity index (χ4v) is 2.91. The van der Waals surface area contributed by atoms with E-state index in [0.29, 0.717) is 11.5 Å². The Morgan fingerprint density at radius 3 is 2.03 bits per heavy atom. The van der Waals surface area contributed by atoms with Crippen molar-refractivity contribution in [3.05, 3.63) is 72.3 Å². The molecule has 0 fully saturated rings. The third-order valence-corrected chi connectivity index (χ3v) is 4.35. The molecule has 0 aromatic heterocycles. The highest BCUT2D eigenvalue weighted by molar-refractivity contribution is 5.89. The summed E-state index contributed by atoms with van der Waals surface area (Å²) in [6.45, 7) is 3.69. The van der Waals surface area contributed by atoms with Gasteiger partial charge in [0.15, 0.2) is 13.2 Å². The van der Waals surface area contributed by atoms with Crippen molar-refractivity contribution in [1.29, 1.82) is 0 Å². The molecule has 150 valence electrons. The van der Waals surface area contributed by atoms with E-state index in [1.165, 1.54) is 0 Å². The van der Waals surface area contributed by atoms with Crippen molar-refractivity contribution in [3.8, 4) is 11.5 Å². The van der Waals surface area contributed by atoms with Crippen molar-refractivity contribution in [2.75, 3.05) is 13.2 Å². The molecule has 3 aromatic rings. The van der Waals surface area contributed by atoms with E-state index in [-0.39, 0.29) is 19.1 Å². The number of hydrogen-bond donors (Lipinski definition) is 2. The third-order valence-electron chi connectivity index (χ3n) is 4.35. The van der Waals surface area contributed by atoms with Crippen LogP contribution in [0.5, 0.6) is 11.5 Å². The lowest BCUT2D eigenvalue weighted by Gasteiger charge is -2.14. The van der Waals surface area contributed by atoms with Crippen LogP contribution in [0.4, 0.5) is 0 Å². The van der Waals surface area contributed by atoms with Crippen molar-refractivity contribution in [1.82, 2.24) is 10.9 Å². The first-order valence-electron chi connectivity index (χ1n) is 9.44. The predicted molar refractivity (Wildman–Crippen MR) is 112 cm³/mol. The van der Waals surface area contributed by atoms with Crippen LogP contribution in [0.3, 0.4) is 0 Å². The van der Waals surface area contributed by atoms with E-state index < -0.39 is 11.8 Å². The van der Waals surface area contributed by atoms with Crippen LogP contribution in [-0.2, 0) is 9.59 Å². The van der Waals surface area contributed by atoms with Crippen molar-refractivity contribution in [3.63, 3.8) is 0 Å². The Labute approximate surface area is 169 Å². The molecule has 2 amide bonds. The maximum Gasteiger partial charge on any atom is 0.276 e. The van der Waals surface area contributed by atoms with E-state index in [2.05, 4.69) is 24.7 Å². The van der Waals surface area contributed by atoms with Crippen molar-refractivity contribution in [2.24, 2.45) is 0 Å². The lowest BCUT2D eigenvalue weighted by atomic mass is 10.0. The fourth-order valence-electron chi connectivity index (χ4n) is 2.91. The summed E-state index contributed by atoms with van der Waals surface area (Å²) in [7, 11) is 0. The zero-order valence-electron chi connectivity index (χ0n) is 16.5. The molecule has 0 unspecified atom stereocenters. The molecule has 29 heavy (non-hydrogen) atoms. The van der Waals surface area contributed by atoms with Gasteiger partial charge in [0.05, 0.1) is 0 Å². The lowest BCUT2D eigenvalue weighted by molar-refractivity contribution is -0.131. The predicted octanol–water partition coefficient (Wildman–Crippen LogP) is 3.57. The van der Waals surface area contributed by atoms with Gasteiger partial charge in [-0.15, -0.1) is 0 Å². The van der Waals surface area contributed by atoms with Crippen LogP contribution < -0.4 is 20.3 Å². The number of rotatable bonds is 7. The van der Waals surface area contributed by atoms with Gasteiger partial charge < -0.3 is 9.47 Å². The number of para-hydroxylation sites is 1. The van der Waals surface area contributed by atoms with Gasteiger partial charge in [-0.2, -0.15) is 0 Å². The highest BCUT2D eigenvalue weighted by Gasteiger charge is 2.10. The number of hydrazine groups is 1. The fraction of sp³-hybridized carbons (Fsp3) is 0.217. The summed E-state index contributed by atoms with van der Waals surface area (Å²) in [6, 6.07) is 20.9. The molecule has 0 heterocycles. The molecule has 0 saturated heterocycles. The molecular weight excluding hydrogens is 368 g/mol. The molecule has 6 heteroatoms. The SMILES string of the molecule is CC(C)c1ccccc1OCC(=O)NNC(=O)COc1cccc2ccccc12. The van der Waals surface area contributed by atoms with Crippen LogP contribution in [-0.4, -0.2) is 25.0 Å². The van der Waals surface area contributed by atoms with Gasteiger partial charge in [-0.05, 0) is 29.0 Å². The third kappa shape index (κ3) is 5.48. The second-order valence-corrected chi connectivity index (χ2v) is 6.84. The summed E-state index contributed by atoms with van der Waals surface area (Å²) < 4.78 is 11.2. The second-order valence-electron chi connectivity index (χ2n) is 6.84. The average Bonchev–Trinajstić information content (AvgIpc) is 2.74. The molecule has 0 radical (unpaired) electrons. The maximum absolute atomic E-state index is 12.0. The smallest absolute Gasteiger partial charge is 0.276 e. The Bertz CT molecular complexity index is 996. The second kappa shape index (κ2) is 9.59. The van der Waals surface area contributed by atoms with Crippen LogP contribution in [0.25, 0.3) is 10.8 Å². The molecule has 3 aromatic carbocycles. The molecule has 2 N–H and O–H groups in total. The van der Waals surface area contributed by atoms with E-state index in [4.69, 9.17) is 9.47 Å². The van der Waals surface area contributed by atoms with Crippen molar-refractivity contribution >= 4 is 22.6 Å². The van der Waals surface area contributed by atoms with Crippen LogP contribution >= 0.6 is 0 Å². The molecule has 0 aliphatic heterocycles. The summed E-state index contributed by atoms with van der Waals surface area (Å²) in [5.41, 5.74) is 5.68. The normalized spacial score (nSPS) is 10.6. The number of hydrogen-bond acceptors (Lipinski definition) is 4. The number of benzene rings is 3. The zero-order chi connectivity index (χ0) is 20.6. The van der Waals surface area contributed by atoms with E-state index >= 15 is 0 Å². The highest BCUT2D eigenvalue weighted by Crippen LogP contribution is 2.26. The molecule has 0 atom stereocenters. The van der Waals surface area contributed by atoms with Crippen LogP contribution in [0.2, 0.25) is 0 Å². The number of fused-ring (bicyclic) bond motifs is 1. The minimum atomic E-state index is -0.464. The van der Waals surface area contributed by atoms with Gasteiger partial charge in [-0.1, -0.05) is 68.4 Å². The van der Waals surface area contributed by atoms with Gasteiger partial charge in [0, 0.05) is 5.39 Å². The molecular formula is C23H24N2O4. The number of carbonyl (C=O) groups excluding carboxylic acids is 2. The van der Waals surface area contributed by atoms with Crippen LogP contribution in [0.1, 0.15) is 25.3 Å². The molecule has 3 rings (SSSR count). The maximum atomic E-state index is 12.0. The Morgan fingerprint density at radius 1 is 0.759 bits per heavy atom. The summed E-state index contributed by atoms with van der Waals surface area (Å²) >= 11 is 0. The summed E-state index contributed by atoms with van der Waals surface area (Å²) in [5.74, 6) is 0.623. The van der Waals surface area contributed by atoms with E-state index in [9.17, 15) is 9.59 Å². The topological polar surface area (TPSA) is 76.7 Å². The van der Waals surface area contributed by atoms with Gasteiger partial charge in [0.2, 0.25) is 0 Å². The number of amides is 2. The van der Waals surface area contributed by atoms with E-state index in [1.807, 2.05) is 60.7 Å². The molecule has 0 aliphatic carbocycles. The van der Waals surface area contributed by atoms with Crippen molar-refractivity contribution < 1.29 is 19.1 Å². The van der Waals surface area contributed by atoms with Gasteiger partial charge in [0.25, 0.3) is 11.8 Å². The number of ether oxygens (including phenoxy) is 2. The summed E-state index contributed by atoms with van der Waals surface area (Å²) in [4.78, 5) is 23.9. The standard InChI is InChI=1S/C23H24N2O4/c1-16(2)18-10-5-6-12-20(18)28-14-22(26)24-25-23(27)15-29-21-13-7-9-17-8-3-4-11-19(17)21/h3-13,16H,14-15H2,1-2H3,(H,24,26)(H,25,27). The first kappa shape index (κ1) is 20.2. The Morgan fingerprint density at radius 2 is 1.31 bits per heavy atom.